The van der Waals surface area contributed by atoms with Crippen LogP contribution in [0.3, 0.4) is 0 Å². The highest BCUT2D eigenvalue weighted by molar-refractivity contribution is 7.71. The van der Waals surface area contributed by atoms with Gasteiger partial charge in [0.15, 0.2) is 0 Å². The molecule has 112 valence electrons. The summed E-state index contributed by atoms with van der Waals surface area (Å²) in [7, 11) is 0. The van der Waals surface area contributed by atoms with Crippen LogP contribution < -0.4 is 4.74 Å². The van der Waals surface area contributed by atoms with Gasteiger partial charge in [0.25, 0.3) is 0 Å². The van der Waals surface area contributed by atoms with Gasteiger partial charge in [0.1, 0.15) is 16.2 Å². The molecule has 0 aliphatic heterocycles. The van der Waals surface area contributed by atoms with Gasteiger partial charge in [-0.25, -0.2) is 4.98 Å². The van der Waals surface area contributed by atoms with E-state index in [0.717, 1.165) is 28.4 Å². The molecule has 1 aromatic heterocycles. The van der Waals surface area contributed by atoms with Gasteiger partial charge in [0.2, 0.25) is 0 Å². The number of benzene rings is 1. The van der Waals surface area contributed by atoms with Crippen LogP contribution in [0.1, 0.15) is 39.1 Å². The van der Waals surface area contributed by atoms with Crippen LogP contribution in [0, 0.1) is 11.6 Å². The van der Waals surface area contributed by atoms with Crippen LogP contribution in [0.15, 0.2) is 24.3 Å². The minimum atomic E-state index is -0.0682. The van der Waals surface area contributed by atoms with Crippen molar-refractivity contribution in [1.82, 2.24) is 9.97 Å². The number of nitrogens with zero attached hydrogens (tertiary/aromatic N) is 1. The molecule has 0 bridgehead atoms. The van der Waals surface area contributed by atoms with Crippen molar-refractivity contribution < 1.29 is 4.74 Å². The number of rotatable bonds is 3. The Morgan fingerprint density at radius 3 is 2.33 bits per heavy atom. The van der Waals surface area contributed by atoms with Gasteiger partial charge in [0, 0.05) is 11.0 Å². The third-order valence-electron chi connectivity index (χ3n) is 3.32. The number of aromatic amines is 1. The second-order valence-corrected chi connectivity index (χ2v) is 6.48. The fourth-order valence-corrected chi connectivity index (χ4v) is 2.25. The quantitative estimate of drug-likeness (QED) is 0.827. The van der Waals surface area contributed by atoms with Gasteiger partial charge in [-0.3, -0.25) is 0 Å². The van der Waals surface area contributed by atoms with E-state index in [1.807, 2.05) is 38.1 Å². The minimum Gasteiger partial charge on any atom is -0.494 e. The molecule has 0 radical (unpaired) electrons. The Balaban J connectivity index is 2.52. The standard InChI is InChI=1S/C17H22N2OS/c1-6-20-13-9-7-12(8-10-13)14-11(2)15(21)19-16(18-14)17(3,4)5/h7-10H,6H2,1-5H3,(H,18,19,21). The first kappa shape index (κ1) is 15.7. The van der Waals surface area contributed by atoms with Crippen molar-refractivity contribution in [2.75, 3.05) is 6.61 Å². The molecular weight excluding hydrogens is 280 g/mol. The first-order valence-corrected chi connectivity index (χ1v) is 7.58. The molecule has 0 aliphatic carbocycles. The van der Waals surface area contributed by atoms with Gasteiger partial charge in [-0.05, 0) is 43.7 Å². The Morgan fingerprint density at radius 2 is 1.81 bits per heavy atom. The molecule has 0 fully saturated rings. The maximum Gasteiger partial charge on any atom is 0.133 e. The zero-order valence-corrected chi connectivity index (χ0v) is 14.1. The van der Waals surface area contributed by atoms with E-state index in [1.165, 1.54) is 0 Å². The van der Waals surface area contributed by atoms with Gasteiger partial charge < -0.3 is 9.72 Å². The van der Waals surface area contributed by atoms with Crippen molar-refractivity contribution in [3.63, 3.8) is 0 Å². The summed E-state index contributed by atoms with van der Waals surface area (Å²) in [5, 5.41) is 0. The zero-order valence-electron chi connectivity index (χ0n) is 13.3. The molecule has 2 rings (SSSR count). The second kappa shape index (κ2) is 5.98. The molecule has 21 heavy (non-hydrogen) atoms. The lowest BCUT2D eigenvalue weighted by Gasteiger charge is -2.20. The van der Waals surface area contributed by atoms with Crippen molar-refractivity contribution in [3.05, 3.63) is 40.3 Å². The van der Waals surface area contributed by atoms with Crippen molar-refractivity contribution in [2.24, 2.45) is 0 Å². The van der Waals surface area contributed by atoms with E-state index in [0.29, 0.717) is 11.2 Å². The summed E-state index contributed by atoms with van der Waals surface area (Å²) < 4.78 is 6.14. The molecule has 1 heterocycles. The van der Waals surface area contributed by atoms with E-state index < -0.39 is 0 Å². The lowest BCUT2D eigenvalue weighted by Crippen LogP contribution is -2.17. The Kier molecular flexibility index (Phi) is 4.47. The van der Waals surface area contributed by atoms with Crippen LogP contribution in [-0.2, 0) is 5.41 Å². The summed E-state index contributed by atoms with van der Waals surface area (Å²) in [5.74, 6) is 1.78. The fraction of sp³-hybridized carbons (Fsp3) is 0.412. The van der Waals surface area contributed by atoms with Gasteiger partial charge >= 0.3 is 0 Å². The van der Waals surface area contributed by atoms with Crippen LogP contribution in [0.25, 0.3) is 11.3 Å². The average molecular weight is 302 g/mol. The predicted molar refractivity (Wildman–Crippen MR) is 89.5 cm³/mol. The Hall–Kier alpha value is -1.68. The molecule has 0 aliphatic rings. The lowest BCUT2D eigenvalue weighted by atomic mass is 9.95. The zero-order chi connectivity index (χ0) is 15.6. The van der Waals surface area contributed by atoms with E-state index in [9.17, 15) is 0 Å². The molecule has 4 heteroatoms. The summed E-state index contributed by atoms with van der Waals surface area (Å²) >= 11 is 5.41. The maximum absolute atomic E-state index is 5.49. The fourth-order valence-electron chi connectivity index (χ4n) is 2.06. The molecule has 3 nitrogen and oxygen atoms in total. The number of ether oxygens (including phenoxy) is 1. The molecule has 2 aromatic rings. The molecule has 1 aromatic carbocycles. The second-order valence-electron chi connectivity index (χ2n) is 6.10. The highest BCUT2D eigenvalue weighted by atomic mass is 32.1. The first-order valence-electron chi connectivity index (χ1n) is 7.17. The number of hydrogen-bond donors (Lipinski definition) is 1. The van der Waals surface area contributed by atoms with E-state index in [2.05, 4.69) is 30.7 Å². The Morgan fingerprint density at radius 1 is 1.19 bits per heavy atom. The van der Waals surface area contributed by atoms with Crippen LogP contribution in [0.5, 0.6) is 5.75 Å². The molecule has 0 atom stereocenters. The topological polar surface area (TPSA) is 37.9 Å². The first-order chi connectivity index (χ1) is 9.82. The largest absolute Gasteiger partial charge is 0.494 e. The molecule has 1 N–H and O–H groups in total. The lowest BCUT2D eigenvalue weighted by molar-refractivity contribution is 0.340. The van der Waals surface area contributed by atoms with Crippen molar-refractivity contribution in [1.29, 1.82) is 0 Å². The van der Waals surface area contributed by atoms with Crippen LogP contribution in [0.4, 0.5) is 0 Å². The summed E-state index contributed by atoms with van der Waals surface area (Å²) in [6.45, 7) is 11.0. The highest BCUT2D eigenvalue weighted by Crippen LogP contribution is 2.27. The minimum absolute atomic E-state index is 0.0682. The van der Waals surface area contributed by atoms with Crippen LogP contribution in [-0.4, -0.2) is 16.6 Å². The molecule has 0 saturated carbocycles. The maximum atomic E-state index is 5.49. The van der Waals surface area contributed by atoms with Crippen LogP contribution >= 0.6 is 12.2 Å². The highest BCUT2D eigenvalue weighted by Gasteiger charge is 2.18. The van der Waals surface area contributed by atoms with E-state index in [1.54, 1.807) is 0 Å². The Bertz CT molecular complexity index is 681. The number of aromatic nitrogens is 2. The van der Waals surface area contributed by atoms with E-state index in [4.69, 9.17) is 17.0 Å². The number of hydrogen-bond acceptors (Lipinski definition) is 3. The number of H-pyrrole nitrogens is 1. The molecule has 0 spiro atoms. The monoisotopic (exact) mass is 302 g/mol. The van der Waals surface area contributed by atoms with E-state index in [-0.39, 0.29) is 5.41 Å². The van der Waals surface area contributed by atoms with E-state index >= 15 is 0 Å². The van der Waals surface area contributed by atoms with Gasteiger partial charge in [0.05, 0.1) is 12.3 Å². The van der Waals surface area contributed by atoms with Crippen molar-refractivity contribution in [2.45, 2.75) is 40.0 Å². The van der Waals surface area contributed by atoms with Gasteiger partial charge in [-0.1, -0.05) is 33.0 Å². The third kappa shape index (κ3) is 3.50. The van der Waals surface area contributed by atoms with Crippen LogP contribution in [0.2, 0.25) is 0 Å². The summed E-state index contributed by atoms with van der Waals surface area (Å²) in [6.07, 6.45) is 0. The van der Waals surface area contributed by atoms with Gasteiger partial charge in [-0.15, -0.1) is 0 Å². The Labute approximate surface area is 131 Å². The van der Waals surface area contributed by atoms with Gasteiger partial charge in [-0.2, -0.15) is 0 Å². The molecule has 0 amide bonds. The predicted octanol–water partition coefficient (Wildman–Crippen LogP) is 4.81. The third-order valence-corrected chi connectivity index (χ3v) is 3.71. The summed E-state index contributed by atoms with van der Waals surface area (Å²) in [4.78, 5) is 7.95. The normalized spacial score (nSPS) is 11.5. The smallest absolute Gasteiger partial charge is 0.133 e. The average Bonchev–Trinajstić information content (AvgIpc) is 2.42. The molecular formula is C17H22N2OS. The molecule has 0 saturated heterocycles. The number of nitrogens with one attached hydrogen (secondary N) is 1. The summed E-state index contributed by atoms with van der Waals surface area (Å²) in [6, 6.07) is 8.05. The van der Waals surface area contributed by atoms with Crippen molar-refractivity contribution >= 4 is 12.2 Å². The van der Waals surface area contributed by atoms with Crippen molar-refractivity contribution in [3.8, 4) is 17.0 Å². The summed E-state index contributed by atoms with van der Waals surface area (Å²) in [5.41, 5.74) is 3.06. The SMILES string of the molecule is CCOc1ccc(-c2[nH]c(C(C)(C)C)nc(=S)c2C)cc1. The molecule has 0 unspecified atom stereocenters.